The number of para-hydroxylation sites is 1. The van der Waals surface area contributed by atoms with E-state index in [1.165, 1.54) is 19.3 Å². The summed E-state index contributed by atoms with van der Waals surface area (Å²) in [5.74, 6) is 0.499. The van der Waals surface area contributed by atoms with Gasteiger partial charge in [-0.25, -0.2) is 9.78 Å². The van der Waals surface area contributed by atoms with E-state index in [1.54, 1.807) is 6.07 Å². The van der Waals surface area contributed by atoms with Gasteiger partial charge in [0.25, 0.3) is 0 Å². The second-order valence-electron chi connectivity index (χ2n) is 6.04. The third kappa shape index (κ3) is 2.99. The van der Waals surface area contributed by atoms with Crippen molar-refractivity contribution in [3.05, 3.63) is 36.0 Å². The number of rotatable bonds is 4. The molecule has 1 aromatic heterocycles. The van der Waals surface area contributed by atoms with Gasteiger partial charge in [0.1, 0.15) is 0 Å². The summed E-state index contributed by atoms with van der Waals surface area (Å²) in [4.78, 5) is 15.4. The first-order valence-electron chi connectivity index (χ1n) is 7.50. The third-order valence-electron chi connectivity index (χ3n) is 4.32. The predicted molar refractivity (Wildman–Crippen MR) is 83.7 cm³/mol. The Kier molecular flexibility index (Phi) is 3.78. The third-order valence-corrected chi connectivity index (χ3v) is 4.32. The summed E-state index contributed by atoms with van der Waals surface area (Å²) in [6, 6.07) is 9.30. The molecule has 2 unspecified atom stereocenters. The normalized spacial score (nSPS) is 21.6. The molecule has 2 atom stereocenters. The Bertz CT molecular complexity index is 669. The van der Waals surface area contributed by atoms with Gasteiger partial charge in [0, 0.05) is 17.6 Å². The van der Waals surface area contributed by atoms with Crippen LogP contribution in [0.5, 0.6) is 0 Å². The average Bonchev–Trinajstić information content (AvgIpc) is 2.90. The van der Waals surface area contributed by atoms with Gasteiger partial charge < -0.3 is 10.4 Å². The van der Waals surface area contributed by atoms with Crippen molar-refractivity contribution in [2.45, 2.75) is 26.2 Å². The average molecular weight is 284 g/mol. The van der Waals surface area contributed by atoms with Gasteiger partial charge in [-0.2, -0.15) is 0 Å². The summed E-state index contributed by atoms with van der Waals surface area (Å²) in [6.45, 7) is 3.20. The molecule has 2 N–H and O–H groups in total. The van der Waals surface area contributed by atoms with Crippen molar-refractivity contribution < 1.29 is 9.90 Å². The molecule has 0 spiro atoms. The minimum Gasteiger partial charge on any atom is -0.477 e. The van der Waals surface area contributed by atoms with E-state index in [0.717, 1.165) is 29.1 Å². The quantitative estimate of drug-likeness (QED) is 0.897. The predicted octanol–water partition coefficient (Wildman–Crippen LogP) is 3.78. The number of benzene rings is 1. The van der Waals surface area contributed by atoms with Crippen LogP contribution in [-0.2, 0) is 0 Å². The number of hydrogen-bond donors (Lipinski definition) is 2. The minimum absolute atomic E-state index is 0.0935. The highest BCUT2D eigenvalue weighted by Gasteiger charge is 2.21. The maximum absolute atomic E-state index is 11.2. The van der Waals surface area contributed by atoms with Crippen LogP contribution in [0.2, 0.25) is 0 Å². The van der Waals surface area contributed by atoms with Crippen molar-refractivity contribution in [1.29, 1.82) is 0 Å². The van der Waals surface area contributed by atoms with Crippen molar-refractivity contribution in [3.63, 3.8) is 0 Å². The van der Waals surface area contributed by atoms with E-state index in [2.05, 4.69) is 17.2 Å². The fourth-order valence-electron chi connectivity index (χ4n) is 3.20. The van der Waals surface area contributed by atoms with Crippen molar-refractivity contribution >= 4 is 22.6 Å². The van der Waals surface area contributed by atoms with Crippen LogP contribution in [-0.4, -0.2) is 22.6 Å². The zero-order valence-corrected chi connectivity index (χ0v) is 12.2. The second-order valence-corrected chi connectivity index (χ2v) is 6.04. The first-order chi connectivity index (χ1) is 10.1. The Morgan fingerprint density at radius 3 is 2.90 bits per heavy atom. The van der Waals surface area contributed by atoms with Crippen LogP contribution in [0.15, 0.2) is 30.3 Å². The molecular formula is C17H20N2O2. The molecule has 3 rings (SSSR count). The van der Waals surface area contributed by atoms with E-state index in [1.807, 2.05) is 24.3 Å². The van der Waals surface area contributed by atoms with Crippen LogP contribution in [0.4, 0.5) is 5.69 Å². The van der Waals surface area contributed by atoms with E-state index < -0.39 is 5.97 Å². The molecule has 1 saturated carbocycles. The summed E-state index contributed by atoms with van der Waals surface area (Å²) >= 11 is 0. The lowest BCUT2D eigenvalue weighted by atomic mass is 10.1. The summed E-state index contributed by atoms with van der Waals surface area (Å²) in [7, 11) is 0. The van der Waals surface area contributed by atoms with Crippen molar-refractivity contribution in [3.8, 4) is 0 Å². The number of nitrogens with zero attached hydrogens (tertiary/aromatic N) is 1. The SMILES string of the molecule is CC1CCC(CNc2cc(C(=O)O)nc3ccccc23)C1. The highest BCUT2D eigenvalue weighted by molar-refractivity contribution is 5.97. The van der Waals surface area contributed by atoms with Gasteiger partial charge in [0.05, 0.1) is 5.52 Å². The lowest BCUT2D eigenvalue weighted by Crippen LogP contribution is -2.13. The van der Waals surface area contributed by atoms with Crippen LogP contribution in [0, 0.1) is 11.8 Å². The molecular weight excluding hydrogens is 264 g/mol. The van der Waals surface area contributed by atoms with Gasteiger partial charge in [-0.1, -0.05) is 31.5 Å². The highest BCUT2D eigenvalue weighted by atomic mass is 16.4. The van der Waals surface area contributed by atoms with E-state index in [4.69, 9.17) is 0 Å². The topological polar surface area (TPSA) is 62.2 Å². The van der Waals surface area contributed by atoms with E-state index in [9.17, 15) is 9.90 Å². The number of nitrogens with one attached hydrogen (secondary N) is 1. The molecule has 0 radical (unpaired) electrons. The molecule has 1 aliphatic rings. The first kappa shape index (κ1) is 13.9. The Balaban J connectivity index is 1.87. The smallest absolute Gasteiger partial charge is 0.354 e. The maximum Gasteiger partial charge on any atom is 0.354 e. The summed E-state index contributed by atoms with van der Waals surface area (Å²) < 4.78 is 0. The molecule has 4 heteroatoms. The number of carboxylic acids is 1. The van der Waals surface area contributed by atoms with Gasteiger partial charge in [0.15, 0.2) is 5.69 Å². The number of hydrogen-bond acceptors (Lipinski definition) is 3. The van der Waals surface area contributed by atoms with Crippen LogP contribution in [0.25, 0.3) is 10.9 Å². The number of carbonyl (C=O) groups is 1. The number of carboxylic acid groups (broad SMARTS) is 1. The van der Waals surface area contributed by atoms with Crippen LogP contribution < -0.4 is 5.32 Å². The number of fused-ring (bicyclic) bond motifs is 1. The molecule has 110 valence electrons. The zero-order valence-electron chi connectivity index (χ0n) is 12.2. The monoisotopic (exact) mass is 284 g/mol. The lowest BCUT2D eigenvalue weighted by molar-refractivity contribution is 0.0691. The van der Waals surface area contributed by atoms with Gasteiger partial charge in [-0.3, -0.25) is 0 Å². The van der Waals surface area contributed by atoms with Gasteiger partial charge in [-0.05, 0) is 36.8 Å². The first-order valence-corrected chi connectivity index (χ1v) is 7.50. The summed E-state index contributed by atoms with van der Waals surface area (Å²) in [6.07, 6.45) is 3.80. The summed E-state index contributed by atoms with van der Waals surface area (Å²) in [5.41, 5.74) is 1.69. The Labute approximate surface area is 124 Å². The van der Waals surface area contributed by atoms with Crippen LogP contribution >= 0.6 is 0 Å². The maximum atomic E-state index is 11.2. The minimum atomic E-state index is -0.988. The van der Waals surface area contributed by atoms with Gasteiger partial charge in [-0.15, -0.1) is 0 Å². The molecule has 0 aliphatic heterocycles. The molecule has 0 saturated heterocycles. The molecule has 0 amide bonds. The Morgan fingerprint density at radius 1 is 1.38 bits per heavy atom. The van der Waals surface area contributed by atoms with Gasteiger partial charge in [0.2, 0.25) is 0 Å². The molecule has 0 bridgehead atoms. The largest absolute Gasteiger partial charge is 0.477 e. The van der Waals surface area contributed by atoms with Gasteiger partial charge >= 0.3 is 5.97 Å². The fourth-order valence-corrected chi connectivity index (χ4v) is 3.20. The molecule has 1 fully saturated rings. The standard InChI is InChI=1S/C17H20N2O2/c1-11-6-7-12(8-11)10-18-15-9-16(17(20)21)19-14-5-3-2-4-13(14)15/h2-5,9,11-12H,6-8,10H2,1H3,(H,18,19)(H,20,21). The molecule has 2 aromatic rings. The zero-order chi connectivity index (χ0) is 14.8. The number of aromatic nitrogens is 1. The number of aromatic carboxylic acids is 1. The van der Waals surface area contributed by atoms with E-state index in [-0.39, 0.29) is 5.69 Å². The molecule has 21 heavy (non-hydrogen) atoms. The fraction of sp³-hybridized carbons (Fsp3) is 0.412. The lowest BCUT2D eigenvalue weighted by Gasteiger charge is -2.14. The van der Waals surface area contributed by atoms with Crippen molar-refractivity contribution in [2.75, 3.05) is 11.9 Å². The van der Waals surface area contributed by atoms with E-state index in [0.29, 0.717) is 5.92 Å². The Hall–Kier alpha value is -2.10. The van der Waals surface area contributed by atoms with Crippen LogP contribution in [0.1, 0.15) is 36.7 Å². The van der Waals surface area contributed by atoms with Crippen molar-refractivity contribution in [1.82, 2.24) is 4.98 Å². The van der Waals surface area contributed by atoms with E-state index >= 15 is 0 Å². The molecule has 4 nitrogen and oxygen atoms in total. The Morgan fingerprint density at radius 2 is 2.19 bits per heavy atom. The second kappa shape index (κ2) is 5.72. The van der Waals surface area contributed by atoms with Crippen LogP contribution in [0.3, 0.4) is 0 Å². The molecule has 1 aromatic carbocycles. The molecule has 1 heterocycles. The molecule has 1 aliphatic carbocycles. The van der Waals surface area contributed by atoms with Crippen molar-refractivity contribution in [2.24, 2.45) is 11.8 Å². The summed E-state index contributed by atoms with van der Waals surface area (Å²) in [5, 5.41) is 13.6. The number of pyridine rings is 1. The number of anilines is 1. The highest BCUT2D eigenvalue weighted by Crippen LogP contribution is 2.31.